The molecule has 3 aromatic heterocycles. The second-order valence-corrected chi connectivity index (χ2v) is 9.49. The quantitative estimate of drug-likeness (QED) is 0.164. The Balaban J connectivity index is 1.37. The molecule has 40 heavy (non-hydrogen) atoms. The molecular formula is C27H25ClN6O6. The number of aromatic nitrogens is 5. The number of ether oxygens (including phenoxy) is 2. The number of aliphatic carboxylic acids is 1. The van der Waals surface area contributed by atoms with Gasteiger partial charge in [-0.3, -0.25) is 9.55 Å². The van der Waals surface area contributed by atoms with Gasteiger partial charge in [-0.15, -0.1) is 6.42 Å². The molecule has 0 spiro atoms. The van der Waals surface area contributed by atoms with Crippen molar-refractivity contribution < 1.29 is 29.6 Å². The van der Waals surface area contributed by atoms with Crippen LogP contribution in [-0.4, -0.2) is 76.3 Å². The molecule has 206 valence electrons. The topological polar surface area (TPSA) is 165 Å². The number of rotatable bonds is 10. The lowest BCUT2D eigenvalue weighted by Gasteiger charge is -2.26. The fourth-order valence-electron chi connectivity index (χ4n) is 4.45. The minimum atomic E-state index is -2.20. The number of anilines is 1. The summed E-state index contributed by atoms with van der Waals surface area (Å²) >= 11 is 6.20. The van der Waals surface area contributed by atoms with E-state index in [9.17, 15) is 20.1 Å². The molecule has 13 heteroatoms. The van der Waals surface area contributed by atoms with Crippen LogP contribution in [0, 0.1) is 12.3 Å². The maximum atomic E-state index is 11.8. The summed E-state index contributed by atoms with van der Waals surface area (Å²) in [5.41, 5.74) is 0.0561. The number of benzene rings is 1. The number of imidazole rings is 1. The van der Waals surface area contributed by atoms with Gasteiger partial charge in [0.05, 0.1) is 12.9 Å². The summed E-state index contributed by atoms with van der Waals surface area (Å²) < 4.78 is 13.0. The maximum Gasteiger partial charge on any atom is 0.333 e. The lowest BCUT2D eigenvalue weighted by Crippen LogP contribution is -2.48. The highest BCUT2D eigenvalue weighted by molar-refractivity contribution is 6.28. The normalized spacial score (nSPS) is 23.1. The van der Waals surface area contributed by atoms with E-state index in [1.165, 1.54) is 10.9 Å². The van der Waals surface area contributed by atoms with Crippen LogP contribution in [-0.2, 0) is 27.2 Å². The van der Waals surface area contributed by atoms with E-state index in [0.29, 0.717) is 17.9 Å². The molecule has 0 saturated carbocycles. The molecule has 4 heterocycles. The third-order valence-electron chi connectivity index (χ3n) is 6.61. The van der Waals surface area contributed by atoms with E-state index in [4.69, 9.17) is 27.5 Å². The average molecular weight is 565 g/mol. The number of terminal acetylenes is 1. The van der Waals surface area contributed by atoms with Crippen molar-refractivity contribution in [1.29, 1.82) is 0 Å². The van der Waals surface area contributed by atoms with Crippen molar-refractivity contribution in [3.8, 4) is 12.3 Å². The molecule has 1 unspecified atom stereocenters. The first kappa shape index (κ1) is 27.4. The Bertz CT molecular complexity index is 1530. The standard InChI is InChI=1S/C27H25ClN6O6/c1-2-27(38)19(14-39-18(25(36)37)12-16-6-4-3-5-7-16)40-24(21(27)35)34-15-31-20-22(32-26(28)33-23(20)34)30-13-17-8-10-29-11-9-17/h1,3-11,15,18-19,21,24,35,38H,12-14H2,(H,36,37)(H,30,32,33)/t18?,19-,21+,24-,27-/m1/s1. The second-order valence-electron chi connectivity index (χ2n) is 9.15. The minimum Gasteiger partial charge on any atom is -0.479 e. The summed E-state index contributed by atoms with van der Waals surface area (Å²) in [7, 11) is 0. The molecule has 1 saturated heterocycles. The average Bonchev–Trinajstić information content (AvgIpc) is 3.49. The van der Waals surface area contributed by atoms with Crippen molar-refractivity contribution in [3.05, 3.63) is 77.6 Å². The Hall–Kier alpha value is -4.12. The van der Waals surface area contributed by atoms with E-state index in [1.807, 2.05) is 18.2 Å². The Morgan fingerprint density at radius 1 is 1.23 bits per heavy atom. The molecular weight excluding hydrogens is 540 g/mol. The molecule has 0 bridgehead atoms. The van der Waals surface area contributed by atoms with Gasteiger partial charge in [-0.05, 0) is 34.9 Å². The molecule has 4 aromatic rings. The van der Waals surface area contributed by atoms with Gasteiger partial charge in [-0.1, -0.05) is 36.3 Å². The van der Waals surface area contributed by atoms with E-state index in [1.54, 1.807) is 36.7 Å². The Labute approximate surface area is 233 Å². The number of fused-ring (bicyclic) bond motifs is 1. The highest BCUT2D eigenvalue weighted by atomic mass is 35.5. The first-order valence-corrected chi connectivity index (χ1v) is 12.6. The molecule has 1 aliphatic rings. The number of hydrogen-bond donors (Lipinski definition) is 4. The number of hydrogen-bond acceptors (Lipinski definition) is 10. The van der Waals surface area contributed by atoms with Crippen LogP contribution in [0.2, 0.25) is 5.28 Å². The number of pyridine rings is 1. The van der Waals surface area contributed by atoms with Crippen molar-refractivity contribution in [2.75, 3.05) is 11.9 Å². The van der Waals surface area contributed by atoms with E-state index in [0.717, 1.165) is 11.1 Å². The van der Waals surface area contributed by atoms with E-state index in [-0.39, 0.29) is 17.4 Å². The van der Waals surface area contributed by atoms with Crippen molar-refractivity contribution in [2.45, 2.75) is 43.1 Å². The molecule has 0 amide bonds. The number of aliphatic hydroxyl groups is 2. The maximum absolute atomic E-state index is 11.8. The zero-order valence-electron chi connectivity index (χ0n) is 21.0. The van der Waals surface area contributed by atoms with E-state index < -0.39 is 42.7 Å². The fraction of sp³-hybridized carbons (Fsp3) is 0.296. The van der Waals surface area contributed by atoms with Crippen LogP contribution in [0.25, 0.3) is 11.2 Å². The monoisotopic (exact) mass is 564 g/mol. The molecule has 0 radical (unpaired) electrons. The van der Waals surface area contributed by atoms with Gasteiger partial charge in [0.2, 0.25) is 5.28 Å². The number of aliphatic hydroxyl groups excluding tert-OH is 1. The molecule has 1 aliphatic heterocycles. The second kappa shape index (κ2) is 11.5. The predicted octanol–water partition coefficient (Wildman–Crippen LogP) is 1.82. The van der Waals surface area contributed by atoms with Crippen LogP contribution in [0.3, 0.4) is 0 Å². The molecule has 1 aromatic carbocycles. The number of nitrogens with zero attached hydrogens (tertiary/aromatic N) is 5. The van der Waals surface area contributed by atoms with Crippen LogP contribution in [0.5, 0.6) is 0 Å². The van der Waals surface area contributed by atoms with Gasteiger partial charge in [-0.25, -0.2) is 9.78 Å². The summed E-state index contributed by atoms with van der Waals surface area (Å²) in [6.07, 6.45) is 5.00. The lowest BCUT2D eigenvalue weighted by atomic mass is 9.93. The first-order chi connectivity index (χ1) is 19.3. The van der Waals surface area contributed by atoms with Gasteiger partial charge >= 0.3 is 5.97 Å². The summed E-state index contributed by atoms with van der Waals surface area (Å²) in [6, 6.07) is 12.6. The van der Waals surface area contributed by atoms with Crippen LogP contribution in [0.4, 0.5) is 5.82 Å². The fourth-order valence-corrected chi connectivity index (χ4v) is 4.62. The highest BCUT2D eigenvalue weighted by Crippen LogP contribution is 2.39. The predicted molar refractivity (Wildman–Crippen MR) is 143 cm³/mol. The SMILES string of the molecule is C#C[C@@]1(O)[C@@H](COC(Cc2ccccc2)C(=O)O)O[C@@H](n2cnc3c(NCc4ccncc4)nc(Cl)nc32)[C@@H]1O. The van der Waals surface area contributed by atoms with Gasteiger partial charge in [0.15, 0.2) is 34.9 Å². The van der Waals surface area contributed by atoms with Crippen molar-refractivity contribution in [1.82, 2.24) is 24.5 Å². The van der Waals surface area contributed by atoms with Crippen molar-refractivity contribution in [3.63, 3.8) is 0 Å². The molecule has 5 rings (SSSR count). The van der Waals surface area contributed by atoms with Crippen molar-refractivity contribution in [2.24, 2.45) is 0 Å². The van der Waals surface area contributed by atoms with E-state index >= 15 is 0 Å². The number of nitrogens with one attached hydrogen (secondary N) is 1. The number of carboxylic acid groups (broad SMARTS) is 1. The summed E-state index contributed by atoms with van der Waals surface area (Å²) in [6.45, 7) is 0.00350. The van der Waals surface area contributed by atoms with Crippen LogP contribution in [0.1, 0.15) is 17.4 Å². The largest absolute Gasteiger partial charge is 0.479 e. The third kappa shape index (κ3) is 5.46. The Morgan fingerprint density at radius 3 is 2.67 bits per heavy atom. The lowest BCUT2D eigenvalue weighted by molar-refractivity contribution is -0.156. The molecule has 12 nitrogen and oxygen atoms in total. The molecule has 1 fully saturated rings. The summed E-state index contributed by atoms with van der Waals surface area (Å²) in [5, 5.41) is 35.0. The van der Waals surface area contributed by atoms with Crippen LogP contribution in [0.15, 0.2) is 61.2 Å². The first-order valence-electron chi connectivity index (χ1n) is 12.2. The van der Waals surface area contributed by atoms with Crippen LogP contribution < -0.4 is 5.32 Å². The van der Waals surface area contributed by atoms with Gasteiger partial charge < -0.3 is 30.1 Å². The van der Waals surface area contributed by atoms with E-state index in [2.05, 4.69) is 31.2 Å². The Kier molecular flexibility index (Phi) is 7.92. The molecule has 4 N–H and O–H groups in total. The van der Waals surface area contributed by atoms with Gasteiger partial charge in [-0.2, -0.15) is 9.97 Å². The van der Waals surface area contributed by atoms with Gasteiger partial charge in [0, 0.05) is 25.4 Å². The van der Waals surface area contributed by atoms with Crippen molar-refractivity contribution >= 4 is 34.6 Å². The van der Waals surface area contributed by atoms with Crippen LogP contribution >= 0.6 is 11.6 Å². The Morgan fingerprint density at radius 2 is 1.98 bits per heavy atom. The molecule has 5 atom stereocenters. The minimum absolute atomic E-state index is 0.0835. The summed E-state index contributed by atoms with van der Waals surface area (Å²) in [4.78, 5) is 28.7. The number of halogens is 1. The number of carbonyl (C=O) groups is 1. The third-order valence-corrected chi connectivity index (χ3v) is 6.78. The highest BCUT2D eigenvalue weighted by Gasteiger charge is 2.56. The zero-order chi connectivity index (χ0) is 28.3. The number of carboxylic acids is 1. The molecule has 0 aliphatic carbocycles. The zero-order valence-corrected chi connectivity index (χ0v) is 21.7. The summed E-state index contributed by atoms with van der Waals surface area (Å²) in [5.74, 6) is 1.34. The van der Waals surface area contributed by atoms with Gasteiger partial charge in [0.1, 0.15) is 12.2 Å². The smallest absolute Gasteiger partial charge is 0.333 e. The van der Waals surface area contributed by atoms with Gasteiger partial charge in [0.25, 0.3) is 0 Å².